The molecule has 0 aliphatic heterocycles. The normalized spacial score (nSPS) is 17.1. The van der Waals surface area contributed by atoms with Crippen LogP contribution in [0.15, 0.2) is 0 Å². The van der Waals surface area contributed by atoms with Gasteiger partial charge in [0.05, 0.1) is 13.2 Å². The second-order valence-electron chi connectivity index (χ2n) is 8.69. The first-order valence-corrected chi connectivity index (χ1v) is 13.7. The van der Waals surface area contributed by atoms with Crippen molar-refractivity contribution in [3.63, 3.8) is 0 Å². The molecule has 3 atom stereocenters. The molecule has 0 aromatic rings. The highest BCUT2D eigenvalue weighted by molar-refractivity contribution is 6.60. The fourth-order valence-corrected chi connectivity index (χ4v) is 4.39. The van der Waals surface area contributed by atoms with Crippen LogP contribution in [0.1, 0.15) is 6.42 Å². The standard InChI is InChI=1S/C19H22F20O8Si/c1-40-48(41-2,42-3)6-4-5-43-7-9(45-13(24,25)11(21)47-19(38,39)15(28,29)17(33,34)35)8-44-12(22,23)10(20)46-18(36,37)14(26,27)16(30,31)32/h9-11H,4-8H2,1-3H3. The Morgan fingerprint density at radius 2 is 0.896 bits per heavy atom. The largest absolute Gasteiger partial charge is 0.500 e. The van der Waals surface area contributed by atoms with Crippen molar-refractivity contribution in [2.75, 3.05) is 41.2 Å². The Morgan fingerprint density at radius 3 is 1.25 bits per heavy atom. The van der Waals surface area contributed by atoms with Crippen LogP contribution in [-0.4, -0.2) is 117 Å². The SMILES string of the molecule is CO[Si](CCCOCC(COC(F)(F)C(F)OC(F)(F)C(F)(F)C(F)(F)F)OC(F)(F)C(F)OC(F)(F)C(F)(F)C(F)(F)F)(OC)OC. The number of rotatable bonds is 22. The first-order chi connectivity index (χ1) is 21.2. The minimum atomic E-state index is -7.33. The smallest absolute Gasteiger partial charge is 0.379 e. The molecule has 0 saturated carbocycles. The van der Waals surface area contributed by atoms with E-state index in [0.717, 1.165) is 21.3 Å². The van der Waals surface area contributed by atoms with Crippen LogP contribution in [0.2, 0.25) is 6.04 Å². The summed E-state index contributed by atoms with van der Waals surface area (Å²) < 4.78 is 291. The van der Waals surface area contributed by atoms with Gasteiger partial charge in [-0.05, 0) is 6.42 Å². The quantitative estimate of drug-likeness (QED) is 0.0657. The van der Waals surface area contributed by atoms with Crippen LogP contribution >= 0.6 is 0 Å². The van der Waals surface area contributed by atoms with Crippen LogP contribution in [0.5, 0.6) is 0 Å². The van der Waals surface area contributed by atoms with E-state index in [-0.39, 0.29) is 12.5 Å². The molecular weight excluding hydrogens is 764 g/mol. The molecule has 0 amide bonds. The van der Waals surface area contributed by atoms with Gasteiger partial charge in [0, 0.05) is 34.0 Å². The Balaban J connectivity index is 5.99. The predicted molar refractivity (Wildman–Crippen MR) is 112 cm³/mol. The molecule has 0 rings (SSSR count). The molecule has 0 radical (unpaired) electrons. The topological polar surface area (TPSA) is 73.8 Å². The second kappa shape index (κ2) is 16.2. The summed E-state index contributed by atoms with van der Waals surface area (Å²) in [5.41, 5.74) is 0. The van der Waals surface area contributed by atoms with Crippen LogP contribution < -0.4 is 0 Å². The molecule has 0 heterocycles. The Hall–Kier alpha value is -1.50. The molecule has 0 aromatic carbocycles. The maximum absolute atomic E-state index is 14.1. The summed E-state index contributed by atoms with van der Waals surface area (Å²) in [6, 6.07) is -0.173. The van der Waals surface area contributed by atoms with Crippen molar-refractivity contribution in [1.82, 2.24) is 0 Å². The van der Waals surface area contributed by atoms with Gasteiger partial charge in [0.1, 0.15) is 6.10 Å². The van der Waals surface area contributed by atoms with Crippen molar-refractivity contribution in [2.45, 2.75) is 79.9 Å². The maximum Gasteiger partial charge on any atom is 0.500 e. The van der Waals surface area contributed by atoms with E-state index >= 15 is 0 Å². The third-order valence-electron chi connectivity index (χ3n) is 5.27. The molecule has 0 aromatic heterocycles. The molecule has 0 fully saturated rings. The summed E-state index contributed by atoms with van der Waals surface area (Å²) in [4.78, 5) is 0. The van der Waals surface area contributed by atoms with Crippen LogP contribution in [0.3, 0.4) is 0 Å². The van der Waals surface area contributed by atoms with Crippen molar-refractivity contribution in [3.05, 3.63) is 0 Å². The third kappa shape index (κ3) is 11.5. The van der Waals surface area contributed by atoms with Gasteiger partial charge in [0.2, 0.25) is 0 Å². The molecule has 0 spiro atoms. The molecule has 29 heteroatoms. The number of ether oxygens (including phenoxy) is 5. The van der Waals surface area contributed by atoms with Gasteiger partial charge in [-0.25, -0.2) is 8.78 Å². The summed E-state index contributed by atoms with van der Waals surface area (Å²) in [7, 11) is -0.0529. The molecule has 0 bridgehead atoms. The highest BCUT2D eigenvalue weighted by atomic mass is 28.4. The third-order valence-corrected chi connectivity index (χ3v) is 8.10. The van der Waals surface area contributed by atoms with Gasteiger partial charge in [-0.2, -0.15) is 79.0 Å². The first-order valence-electron chi connectivity index (χ1n) is 11.8. The number of halogens is 20. The zero-order valence-electron chi connectivity index (χ0n) is 23.6. The average molecular weight is 786 g/mol. The summed E-state index contributed by atoms with van der Waals surface area (Å²) >= 11 is 0. The fourth-order valence-electron chi connectivity index (χ4n) is 2.70. The molecule has 0 saturated heterocycles. The summed E-state index contributed by atoms with van der Waals surface area (Å²) in [6.45, 7) is -4.86. The molecule has 290 valence electrons. The molecule has 48 heavy (non-hydrogen) atoms. The lowest BCUT2D eigenvalue weighted by atomic mass is 10.3. The van der Waals surface area contributed by atoms with E-state index < -0.39 is 96.1 Å². The van der Waals surface area contributed by atoms with E-state index in [1.807, 2.05) is 0 Å². The van der Waals surface area contributed by atoms with E-state index in [9.17, 15) is 87.8 Å². The van der Waals surface area contributed by atoms with Crippen molar-refractivity contribution in [3.8, 4) is 0 Å². The number of hydrogen-bond donors (Lipinski definition) is 0. The van der Waals surface area contributed by atoms with Crippen LogP contribution in [0, 0.1) is 0 Å². The van der Waals surface area contributed by atoms with Crippen molar-refractivity contribution in [1.29, 1.82) is 0 Å². The zero-order chi connectivity index (χ0) is 38.4. The molecule has 3 unspecified atom stereocenters. The monoisotopic (exact) mass is 786 g/mol. The molecule has 0 aliphatic rings. The van der Waals surface area contributed by atoms with Crippen LogP contribution in [-0.2, 0) is 37.0 Å². The molecule has 8 nitrogen and oxygen atoms in total. The van der Waals surface area contributed by atoms with E-state index in [1.165, 1.54) is 0 Å². The van der Waals surface area contributed by atoms with E-state index in [4.69, 9.17) is 13.3 Å². The minimum absolute atomic E-state index is 0.173. The Labute approximate surface area is 255 Å². The number of alkyl halides is 20. The van der Waals surface area contributed by atoms with E-state index in [1.54, 1.807) is 0 Å². The Morgan fingerprint density at radius 1 is 0.521 bits per heavy atom. The maximum atomic E-state index is 14.1. The Kier molecular flexibility index (Phi) is 15.7. The Bertz CT molecular complexity index is 969. The van der Waals surface area contributed by atoms with Gasteiger partial charge in [0.15, 0.2) is 0 Å². The van der Waals surface area contributed by atoms with Gasteiger partial charge < -0.3 is 27.5 Å². The van der Waals surface area contributed by atoms with Crippen LogP contribution in [0.4, 0.5) is 87.8 Å². The lowest BCUT2D eigenvalue weighted by molar-refractivity contribution is -0.472. The lowest BCUT2D eigenvalue weighted by Gasteiger charge is -2.32. The average Bonchev–Trinajstić information content (AvgIpc) is 2.91. The highest BCUT2D eigenvalue weighted by Crippen LogP contribution is 2.50. The minimum Gasteiger partial charge on any atom is -0.379 e. The lowest BCUT2D eigenvalue weighted by Crippen LogP contribution is -2.56. The van der Waals surface area contributed by atoms with E-state index in [2.05, 4.69) is 23.7 Å². The number of hydrogen-bond acceptors (Lipinski definition) is 8. The van der Waals surface area contributed by atoms with Gasteiger partial charge >= 0.3 is 57.4 Å². The molecular formula is C19H22F20O8Si. The molecule has 0 aliphatic carbocycles. The van der Waals surface area contributed by atoms with Gasteiger partial charge in [-0.15, -0.1) is 0 Å². The van der Waals surface area contributed by atoms with Crippen molar-refractivity contribution in [2.24, 2.45) is 0 Å². The van der Waals surface area contributed by atoms with Gasteiger partial charge in [-0.3, -0.25) is 9.47 Å². The van der Waals surface area contributed by atoms with Crippen molar-refractivity contribution < 1.29 is 125 Å². The van der Waals surface area contributed by atoms with Gasteiger partial charge in [-0.1, -0.05) is 0 Å². The van der Waals surface area contributed by atoms with Gasteiger partial charge in [0.25, 0.3) is 12.7 Å². The van der Waals surface area contributed by atoms with E-state index in [0.29, 0.717) is 0 Å². The zero-order valence-corrected chi connectivity index (χ0v) is 24.6. The summed E-state index contributed by atoms with van der Waals surface area (Å²) in [5.74, 6) is -14.7. The highest BCUT2D eigenvalue weighted by Gasteiger charge is 2.77. The predicted octanol–water partition coefficient (Wildman–Crippen LogP) is 7.06. The fraction of sp³-hybridized carbons (Fsp3) is 1.00. The van der Waals surface area contributed by atoms with Crippen LogP contribution in [0.25, 0.3) is 0 Å². The first kappa shape index (κ1) is 46.5. The summed E-state index contributed by atoms with van der Waals surface area (Å²) in [6.07, 6.45) is -54.9. The summed E-state index contributed by atoms with van der Waals surface area (Å²) in [5, 5.41) is 0. The second-order valence-corrected chi connectivity index (χ2v) is 11.8. The van der Waals surface area contributed by atoms with Crippen molar-refractivity contribution >= 4 is 8.80 Å². The molecule has 0 N–H and O–H groups in total.